The minimum Gasteiger partial charge on any atom is -0.221 e. The Labute approximate surface area is 110 Å². The Balaban J connectivity index is 2.41. The summed E-state index contributed by atoms with van der Waals surface area (Å²) in [5, 5.41) is 12.0. The summed E-state index contributed by atoms with van der Waals surface area (Å²) in [6.07, 6.45) is 0. The number of benzene rings is 1. The van der Waals surface area contributed by atoms with Crippen LogP contribution in [0.2, 0.25) is 5.02 Å². The van der Waals surface area contributed by atoms with E-state index in [0.29, 0.717) is 10.8 Å². The van der Waals surface area contributed by atoms with Gasteiger partial charge in [0.05, 0.1) is 11.4 Å². The Morgan fingerprint density at radius 1 is 1.24 bits per heavy atom. The molecule has 0 aliphatic heterocycles. The molecule has 2 unspecified atom stereocenters. The predicted octanol–water partition coefficient (Wildman–Crippen LogP) is 3.24. The van der Waals surface area contributed by atoms with E-state index in [1.165, 1.54) is 0 Å². The van der Waals surface area contributed by atoms with E-state index in [2.05, 4.69) is 15.5 Å². The number of aromatic nitrogens is 4. The first-order valence-corrected chi connectivity index (χ1v) is 6.09. The first-order valence-electron chi connectivity index (χ1n) is 5.27. The molecule has 0 amide bonds. The van der Waals surface area contributed by atoms with Crippen molar-refractivity contribution in [3.8, 4) is 0 Å². The molecule has 1 aromatic heterocycles. The van der Waals surface area contributed by atoms with Gasteiger partial charge >= 0.3 is 0 Å². The molecule has 0 saturated carbocycles. The van der Waals surface area contributed by atoms with Crippen molar-refractivity contribution in [3.63, 3.8) is 0 Å². The number of hydrogen-bond donors (Lipinski definition) is 0. The normalized spacial score (nSPS) is 14.6. The molecule has 2 rings (SSSR count). The largest absolute Gasteiger partial charge is 0.221 e. The van der Waals surface area contributed by atoms with Crippen molar-refractivity contribution in [2.24, 2.45) is 0 Å². The van der Waals surface area contributed by atoms with E-state index in [4.69, 9.17) is 23.2 Å². The Kier molecular flexibility index (Phi) is 3.64. The van der Waals surface area contributed by atoms with Crippen LogP contribution in [-0.2, 0) is 0 Å². The molecule has 0 bridgehead atoms. The monoisotopic (exact) mass is 270 g/mol. The van der Waals surface area contributed by atoms with E-state index < -0.39 is 0 Å². The topological polar surface area (TPSA) is 43.6 Å². The summed E-state index contributed by atoms with van der Waals surface area (Å²) in [6.45, 7) is 3.82. The van der Waals surface area contributed by atoms with E-state index >= 15 is 0 Å². The van der Waals surface area contributed by atoms with Crippen LogP contribution in [0.3, 0.4) is 0 Å². The molecule has 6 heteroatoms. The smallest absolute Gasteiger partial charge is 0.169 e. The first kappa shape index (κ1) is 12.3. The van der Waals surface area contributed by atoms with Crippen molar-refractivity contribution in [2.45, 2.75) is 25.3 Å². The van der Waals surface area contributed by atoms with E-state index in [1.807, 2.05) is 38.1 Å². The third kappa shape index (κ3) is 2.42. The van der Waals surface area contributed by atoms with Gasteiger partial charge in [0.15, 0.2) is 5.82 Å². The van der Waals surface area contributed by atoms with Gasteiger partial charge in [-0.3, -0.25) is 0 Å². The summed E-state index contributed by atoms with van der Waals surface area (Å²) >= 11 is 12.2. The van der Waals surface area contributed by atoms with Crippen molar-refractivity contribution in [1.29, 1.82) is 0 Å². The van der Waals surface area contributed by atoms with Gasteiger partial charge in [0.2, 0.25) is 0 Å². The molecule has 2 aromatic rings. The Morgan fingerprint density at radius 3 is 2.59 bits per heavy atom. The summed E-state index contributed by atoms with van der Waals surface area (Å²) in [5.41, 5.74) is 0.972. The van der Waals surface area contributed by atoms with Crippen molar-refractivity contribution < 1.29 is 0 Å². The van der Waals surface area contributed by atoms with Gasteiger partial charge in [0, 0.05) is 5.02 Å². The summed E-state index contributed by atoms with van der Waals surface area (Å²) in [6, 6.07) is 7.59. The highest BCUT2D eigenvalue weighted by Crippen LogP contribution is 2.27. The summed E-state index contributed by atoms with van der Waals surface area (Å²) in [5.74, 6) is 0.638. The fourth-order valence-corrected chi connectivity index (χ4v) is 2.12. The standard InChI is InChI=1S/C11H12Cl2N4/c1-7(12)11-14-15-16-17(11)8(2)9-5-3-4-6-10(9)13/h3-8H,1-2H3. The molecule has 0 fully saturated rings. The molecule has 1 aromatic carbocycles. The molecule has 0 aliphatic rings. The Hall–Kier alpha value is -1.13. The van der Waals surface area contributed by atoms with E-state index in [-0.39, 0.29) is 11.4 Å². The van der Waals surface area contributed by atoms with E-state index in [1.54, 1.807) is 4.68 Å². The Morgan fingerprint density at radius 2 is 1.94 bits per heavy atom. The molecule has 0 N–H and O–H groups in total. The predicted molar refractivity (Wildman–Crippen MR) is 67.4 cm³/mol. The summed E-state index contributed by atoms with van der Waals surface area (Å²) in [7, 11) is 0. The van der Waals surface area contributed by atoms with Crippen molar-refractivity contribution >= 4 is 23.2 Å². The zero-order valence-corrected chi connectivity index (χ0v) is 11.0. The van der Waals surface area contributed by atoms with Crippen LogP contribution in [0, 0.1) is 0 Å². The zero-order chi connectivity index (χ0) is 12.4. The lowest BCUT2D eigenvalue weighted by Crippen LogP contribution is -2.13. The second-order valence-corrected chi connectivity index (χ2v) is 4.86. The van der Waals surface area contributed by atoms with Gasteiger partial charge < -0.3 is 0 Å². The van der Waals surface area contributed by atoms with Crippen LogP contribution >= 0.6 is 23.2 Å². The van der Waals surface area contributed by atoms with Crippen LogP contribution < -0.4 is 0 Å². The van der Waals surface area contributed by atoms with Gasteiger partial charge in [-0.2, -0.15) is 0 Å². The van der Waals surface area contributed by atoms with Gasteiger partial charge in [-0.1, -0.05) is 29.8 Å². The lowest BCUT2D eigenvalue weighted by atomic mass is 10.1. The van der Waals surface area contributed by atoms with Crippen LogP contribution in [0.1, 0.15) is 36.7 Å². The van der Waals surface area contributed by atoms with Gasteiger partial charge in [0.25, 0.3) is 0 Å². The second-order valence-electron chi connectivity index (χ2n) is 3.80. The van der Waals surface area contributed by atoms with Crippen LogP contribution in [0.15, 0.2) is 24.3 Å². The van der Waals surface area contributed by atoms with Crippen molar-refractivity contribution in [1.82, 2.24) is 20.2 Å². The molecule has 4 nitrogen and oxygen atoms in total. The highest BCUT2D eigenvalue weighted by molar-refractivity contribution is 6.31. The van der Waals surface area contributed by atoms with Crippen LogP contribution in [0.25, 0.3) is 0 Å². The third-order valence-corrected chi connectivity index (χ3v) is 3.14. The molecule has 17 heavy (non-hydrogen) atoms. The maximum Gasteiger partial charge on any atom is 0.169 e. The Bertz CT molecular complexity index is 510. The van der Waals surface area contributed by atoms with Gasteiger partial charge in [0.1, 0.15) is 0 Å². The zero-order valence-electron chi connectivity index (χ0n) is 9.51. The number of rotatable bonds is 3. The number of hydrogen-bond acceptors (Lipinski definition) is 3. The molecular formula is C11H12Cl2N4. The lowest BCUT2D eigenvalue weighted by molar-refractivity contribution is 0.521. The molecule has 2 atom stereocenters. The summed E-state index contributed by atoms with van der Waals surface area (Å²) in [4.78, 5) is 0. The van der Waals surface area contributed by atoms with Crippen LogP contribution in [0.5, 0.6) is 0 Å². The maximum absolute atomic E-state index is 6.15. The third-order valence-electron chi connectivity index (χ3n) is 2.60. The second kappa shape index (κ2) is 5.02. The summed E-state index contributed by atoms with van der Waals surface area (Å²) < 4.78 is 1.69. The quantitative estimate of drug-likeness (QED) is 0.805. The van der Waals surface area contributed by atoms with Crippen LogP contribution in [-0.4, -0.2) is 20.2 Å². The van der Waals surface area contributed by atoms with Gasteiger partial charge in [-0.25, -0.2) is 4.68 Å². The van der Waals surface area contributed by atoms with E-state index in [0.717, 1.165) is 5.56 Å². The number of nitrogens with zero attached hydrogens (tertiary/aromatic N) is 4. The fourth-order valence-electron chi connectivity index (χ4n) is 1.68. The highest BCUT2D eigenvalue weighted by atomic mass is 35.5. The van der Waals surface area contributed by atoms with E-state index in [9.17, 15) is 0 Å². The molecule has 1 heterocycles. The van der Waals surface area contributed by atoms with Crippen LogP contribution in [0.4, 0.5) is 0 Å². The molecule has 90 valence electrons. The highest BCUT2D eigenvalue weighted by Gasteiger charge is 2.19. The van der Waals surface area contributed by atoms with Gasteiger partial charge in [-0.05, 0) is 35.9 Å². The minimum atomic E-state index is -0.241. The SMILES string of the molecule is CC(Cl)c1nnnn1C(C)c1ccccc1Cl. The molecule has 0 saturated heterocycles. The molecule has 0 radical (unpaired) electrons. The molecule has 0 aliphatic carbocycles. The maximum atomic E-state index is 6.15. The average Bonchev–Trinajstić information content (AvgIpc) is 2.77. The fraction of sp³-hybridized carbons (Fsp3) is 0.364. The molecular weight excluding hydrogens is 259 g/mol. The number of tetrazole rings is 1. The van der Waals surface area contributed by atoms with Crippen molar-refractivity contribution in [3.05, 3.63) is 40.7 Å². The number of halogens is 2. The first-order chi connectivity index (χ1) is 8.11. The van der Waals surface area contributed by atoms with Gasteiger partial charge in [-0.15, -0.1) is 16.7 Å². The average molecular weight is 271 g/mol. The molecule has 0 spiro atoms. The number of alkyl halides is 1. The lowest BCUT2D eigenvalue weighted by Gasteiger charge is -2.15. The van der Waals surface area contributed by atoms with Crippen molar-refractivity contribution in [2.75, 3.05) is 0 Å². The minimum absolute atomic E-state index is 0.0464.